The molecule has 0 saturated carbocycles. The lowest BCUT2D eigenvalue weighted by Crippen LogP contribution is -2.28. The monoisotopic (exact) mass is 913 g/mol. The first kappa shape index (κ1) is 41.7. The Morgan fingerprint density at radius 2 is 0.597 bits per heavy atom. The van der Waals surface area contributed by atoms with E-state index in [1.54, 1.807) is 0 Å². The van der Waals surface area contributed by atoms with Crippen molar-refractivity contribution in [2.24, 2.45) is 0 Å². The fourth-order valence-corrected chi connectivity index (χ4v) is 12.1. The Kier molecular flexibility index (Phi) is 9.82. The van der Waals surface area contributed by atoms with Crippen molar-refractivity contribution in [3.63, 3.8) is 0 Å². The fraction of sp³-hybridized carbons (Fsp3) is 0.0141. The van der Waals surface area contributed by atoms with Crippen LogP contribution < -0.4 is 4.90 Å². The van der Waals surface area contributed by atoms with Crippen molar-refractivity contribution in [1.82, 2.24) is 0 Å². The first-order chi connectivity index (χ1) is 35.7. The van der Waals surface area contributed by atoms with E-state index in [0.29, 0.717) is 0 Å². The van der Waals surface area contributed by atoms with E-state index in [9.17, 15) is 0 Å². The van der Waals surface area contributed by atoms with Gasteiger partial charge in [-0.1, -0.05) is 237 Å². The van der Waals surface area contributed by atoms with Gasteiger partial charge >= 0.3 is 0 Å². The molecule has 0 N–H and O–H groups in total. The van der Waals surface area contributed by atoms with Crippen LogP contribution in [-0.2, 0) is 5.41 Å². The minimum atomic E-state index is -0.461. The van der Waals surface area contributed by atoms with Gasteiger partial charge in [-0.2, -0.15) is 0 Å². The van der Waals surface area contributed by atoms with Crippen molar-refractivity contribution in [2.45, 2.75) is 5.41 Å². The van der Waals surface area contributed by atoms with Gasteiger partial charge in [0, 0.05) is 17.1 Å². The van der Waals surface area contributed by atoms with Gasteiger partial charge in [0.05, 0.1) is 5.41 Å². The number of fused-ring (bicyclic) bond motifs is 9. The van der Waals surface area contributed by atoms with Crippen LogP contribution in [-0.4, -0.2) is 0 Å². The third-order valence-electron chi connectivity index (χ3n) is 15.3. The van der Waals surface area contributed by atoms with Gasteiger partial charge in [-0.05, 0) is 158 Å². The lowest BCUT2D eigenvalue weighted by Gasteiger charge is -2.34. The summed E-state index contributed by atoms with van der Waals surface area (Å²) in [6.45, 7) is 0. The van der Waals surface area contributed by atoms with Gasteiger partial charge < -0.3 is 4.90 Å². The molecular formula is C71H47N. The molecule has 336 valence electrons. The van der Waals surface area contributed by atoms with Gasteiger partial charge in [-0.15, -0.1) is 0 Å². The molecule has 13 aromatic carbocycles. The molecule has 0 heterocycles. The molecule has 0 unspecified atom stereocenters. The summed E-state index contributed by atoms with van der Waals surface area (Å²) in [7, 11) is 0. The van der Waals surface area contributed by atoms with Gasteiger partial charge in [0.25, 0.3) is 0 Å². The van der Waals surface area contributed by atoms with Crippen LogP contribution in [0.5, 0.6) is 0 Å². The minimum Gasteiger partial charge on any atom is -0.311 e. The first-order valence-corrected chi connectivity index (χ1v) is 25.0. The Bertz CT molecular complexity index is 3970. The van der Waals surface area contributed by atoms with E-state index in [4.69, 9.17) is 0 Å². The summed E-state index contributed by atoms with van der Waals surface area (Å²) in [5.74, 6) is 0. The summed E-state index contributed by atoms with van der Waals surface area (Å²) < 4.78 is 0. The lowest BCUT2D eigenvalue weighted by atomic mass is 9.67. The number of hydrogen-bond donors (Lipinski definition) is 0. The number of hydrogen-bond acceptors (Lipinski definition) is 1. The highest BCUT2D eigenvalue weighted by atomic mass is 15.1. The van der Waals surface area contributed by atoms with E-state index >= 15 is 0 Å². The maximum atomic E-state index is 2.40. The van der Waals surface area contributed by atoms with Crippen molar-refractivity contribution in [1.29, 1.82) is 0 Å². The molecule has 0 aromatic heterocycles. The molecule has 1 heteroatoms. The largest absolute Gasteiger partial charge is 0.311 e. The van der Waals surface area contributed by atoms with Gasteiger partial charge in [-0.25, -0.2) is 0 Å². The Balaban J connectivity index is 0.903. The maximum absolute atomic E-state index is 2.40. The molecule has 13 aromatic rings. The summed E-state index contributed by atoms with van der Waals surface area (Å²) in [5.41, 5.74) is 17.8. The van der Waals surface area contributed by atoms with Crippen molar-refractivity contribution in [3.8, 4) is 44.5 Å². The van der Waals surface area contributed by atoms with Crippen molar-refractivity contribution in [2.75, 3.05) is 4.90 Å². The van der Waals surface area contributed by atoms with Crippen molar-refractivity contribution in [3.05, 3.63) is 307 Å². The average Bonchev–Trinajstić information content (AvgIpc) is 3.78. The quantitative estimate of drug-likeness (QED) is 0.137. The Morgan fingerprint density at radius 3 is 1.08 bits per heavy atom. The molecule has 14 rings (SSSR count). The molecule has 1 nitrogen and oxygen atoms in total. The molecule has 0 amide bonds. The van der Waals surface area contributed by atoms with Crippen LogP contribution in [0, 0.1) is 0 Å². The molecule has 0 radical (unpaired) electrons. The normalized spacial score (nSPS) is 12.6. The summed E-state index contributed by atoms with van der Waals surface area (Å²) in [6, 6.07) is 105. The second kappa shape index (κ2) is 17.0. The van der Waals surface area contributed by atoms with E-state index in [2.05, 4.69) is 290 Å². The number of nitrogens with zero attached hydrogens (tertiary/aromatic N) is 1. The zero-order valence-electron chi connectivity index (χ0n) is 39.6. The molecule has 1 aliphatic carbocycles. The van der Waals surface area contributed by atoms with Crippen LogP contribution in [0.3, 0.4) is 0 Å². The Hall–Kier alpha value is -9.30. The van der Waals surface area contributed by atoms with Gasteiger partial charge in [0.15, 0.2) is 0 Å². The van der Waals surface area contributed by atoms with Crippen LogP contribution in [0.4, 0.5) is 17.1 Å². The van der Waals surface area contributed by atoms with E-state index in [1.165, 1.54) is 110 Å². The molecule has 72 heavy (non-hydrogen) atoms. The first-order valence-electron chi connectivity index (χ1n) is 25.0. The number of benzene rings is 13. The molecule has 0 aliphatic heterocycles. The molecule has 0 saturated heterocycles. The second-order valence-electron chi connectivity index (χ2n) is 19.1. The summed E-state index contributed by atoms with van der Waals surface area (Å²) in [5, 5.41) is 10.1. The molecule has 0 atom stereocenters. The topological polar surface area (TPSA) is 3.24 Å². The molecular weight excluding hydrogens is 867 g/mol. The number of rotatable bonds is 8. The van der Waals surface area contributed by atoms with Crippen molar-refractivity contribution >= 4 is 60.2 Å². The van der Waals surface area contributed by atoms with E-state index in [1.807, 2.05) is 0 Å². The molecule has 0 bridgehead atoms. The highest BCUT2D eigenvalue weighted by molar-refractivity contribution is 6.15. The fourth-order valence-electron chi connectivity index (χ4n) is 12.1. The van der Waals surface area contributed by atoms with Crippen LogP contribution in [0.15, 0.2) is 285 Å². The van der Waals surface area contributed by atoms with Crippen LogP contribution >= 0.6 is 0 Å². The second-order valence-corrected chi connectivity index (χ2v) is 19.1. The zero-order valence-corrected chi connectivity index (χ0v) is 39.6. The molecule has 0 spiro atoms. The summed E-state index contributed by atoms with van der Waals surface area (Å²) >= 11 is 0. The SMILES string of the molecule is c1ccc(C2(c3ccccc3)c3ccccc3-c3c(-c4ccc(N(c5ccc(-c6cc7ccccc7c7ccccc67)cc5)c5ccc(-c6cc7ccccc7c7ccccc67)cc5)cc4)cccc32)cc1. The van der Waals surface area contributed by atoms with Crippen LogP contribution in [0.1, 0.15) is 22.3 Å². The molecule has 1 aliphatic rings. The Labute approximate surface area is 420 Å². The summed E-state index contributed by atoms with van der Waals surface area (Å²) in [4.78, 5) is 2.40. The highest BCUT2D eigenvalue weighted by Gasteiger charge is 2.46. The predicted molar refractivity (Wildman–Crippen MR) is 305 cm³/mol. The predicted octanol–water partition coefficient (Wildman–Crippen LogP) is 19.1. The standard InChI is InChI=1S/C71H47N/c1-3-20-53(21-4-1)71(54-22-5-2-6-23-54)68-32-16-15-30-65(68)70-60(31-17-33-69(70)71)48-34-40-55(41-35-48)72(56-42-36-49(37-43-56)66-46-51-18-7-9-24-58(51)61-26-11-13-28-63(61)66)57-44-38-50(39-45-57)67-47-52-19-8-10-25-59(52)62-27-12-14-29-64(62)67/h1-47H. The smallest absolute Gasteiger partial charge is 0.0713 e. The third-order valence-corrected chi connectivity index (χ3v) is 15.3. The van der Waals surface area contributed by atoms with E-state index in [-0.39, 0.29) is 0 Å². The van der Waals surface area contributed by atoms with Gasteiger partial charge in [0.2, 0.25) is 0 Å². The minimum absolute atomic E-state index is 0.461. The third kappa shape index (κ3) is 6.55. The van der Waals surface area contributed by atoms with Crippen LogP contribution in [0.2, 0.25) is 0 Å². The Morgan fingerprint density at radius 1 is 0.236 bits per heavy atom. The lowest BCUT2D eigenvalue weighted by molar-refractivity contribution is 0.768. The highest BCUT2D eigenvalue weighted by Crippen LogP contribution is 2.58. The van der Waals surface area contributed by atoms with E-state index < -0.39 is 5.41 Å². The zero-order chi connectivity index (χ0) is 47.6. The number of anilines is 3. The summed E-state index contributed by atoms with van der Waals surface area (Å²) in [6.07, 6.45) is 0. The van der Waals surface area contributed by atoms with Gasteiger partial charge in [-0.3, -0.25) is 0 Å². The van der Waals surface area contributed by atoms with Crippen molar-refractivity contribution < 1.29 is 0 Å². The maximum Gasteiger partial charge on any atom is 0.0713 e. The average molecular weight is 914 g/mol. The van der Waals surface area contributed by atoms with Gasteiger partial charge in [0.1, 0.15) is 0 Å². The molecule has 0 fully saturated rings. The van der Waals surface area contributed by atoms with E-state index in [0.717, 1.165) is 17.1 Å². The van der Waals surface area contributed by atoms with Crippen LogP contribution in [0.25, 0.3) is 87.6 Å².